The van der Waals surface area contributed by atoms with E-state index in [1.165, 1.54) is 12.3 Å². The highest BCUT2D eigenvalue weighted by atomic mass is 32.1. The average molecular weight is 261 g/mol. The number of nitrogens with one attached hydrogen (secondary N) is 1. The quantitative estimate of drug-likeness (QED) is 0.509. The molecule has 0 fully saturated rings. The molecule has 18 heavy (non-hydrogen) atoms. The number of Topliss-reactive ketones (excluding diaryl/α,β-unsaturated/α-hetero) is 1. The fourth-order valence-electron chi connectivity index (χ4n) is 1.10. The van der Waals surface area contributed by atoms with Gasteiger partial charge in [0, 0.05) is 11.5 Å². The Kier molecular flexibility index (Phi) is 3.45. The van der Waals surface area contributed by atoms with Crippen LogP contribution in [0.25, 0.3) is 0 Å². The third-order valence-corrected chi connectivity index (χ3v) is 2.57. The number of carbonyl (C=O) groups excluding carboxylic acids is 1. The Balaban J connectivity index is 2.14. The first-order chi connectivity index (χ1) is 8.70. The molecule has 0 aromatic carbocycles. The molecule has 0 spiro atoms. The molecule has 0 radical (unpaired) electrons. The molecule has 7 nitrogen and oxygen atoms in total. The first-order valence-electron chi connectivity index (χ1n) is 4.83. The molecule has 1 N–H and O–H groups in total. The molecule has 0 aliphatic carbocycles. The van der Waals surface area contributed by atoms with Crippen LogP contribution in [0, 0.1) is 18.3 Å². The maximum atomic E-state index is 11.7. The Hall–Kier alpha value is -2.53. The number of nitriles is 1. The molecular weight excluding hydrogens is 254 g/mol. The van der Waals surface area contributed by atoms with Gasteiger partial charge in [-0.25, -0.2) is 10.4 Å². The molecule has 0 saturated carbocycles. The van der Waals surface area contributed by atoms with E-state index in [9.17, 15) is 4.79 Å². The van der Waals surface area contributed by atoms with Gasteiger partial charge in [0.25, 0.3) is 5.78 Å². The highest BCUT2D eigenvalue weighted by Gasteiger charge is 2.16. The smallest absolute Gasteiger partial charge is 0.259 e. The van der Waals surface area contributed by atoms with Crippen LogP contribution >= 0.6 is 11.5 Å². The number of ketones is 1. The van der Waals surface area contributed by atoms with Crippen molar-refractivity contribution in [3.63, 3.8) is 0 Å². The van der Waals surface area contributed by atoms with E-state index in [1.54, 1.807) is 19.1 Å². The Bertz CT molecular complexity index is 623. The van der Waals surface area contributed by atoms with E-state index in [2.05, 4.69) is 19.9 Å². The van der Waals surface area contributed by atoms with Crippen LogP contribution in [-0.2, 0) is 0 Å². The first kappa shape index (κ1) is 11.9. The van der Waals surface area contributed by atoms with Gasteiger partial charge in [0.05, 0.1) is 6.26 Å². The van der Waals surface area contributed by atoms with Gasteiger partial charge in [-0.15, -0.1) is 0 Å². The molecule has 2 aromatic rings. The van der Waals surface area contributed by atoms with Crippen LogP contribution in [0.4, 0.5) is 5.13 Å². The van der Waals surface area contributed by atoms with Gasteiger partial charge in [-0.2, -0.15) is 14.7 Å². The van der Waals surface area contributed by atoms with Crippen LogP contribution in [0.15, 0.2) is 27.9 Å². The van der Waals surface area contributed by atoms with Crippen molar-refractivity contribution in [2.75, 3.05) is 5.43 Å². The minimum absolute atomic E-state index is 0.0607. The fourth-order valence-corrected chi connectivity index (χ4v) is 1.62. The summed E-state index contributed by atoms with van der Waals surface area (Å²) >= 11 is 1.09. The number of anilines is 1. The van der Waals surface area contributed by atoms with Crippen molar-refractivity contribution in [1.29, 1.82) is 5.26 Å². The van der Waals surface area contributed by atoms with E-state index in [-0.39, 0.29) is 11.5 Å². The van der Waals surface area contributed by atoms with Gasteiger partial charge in [-0.05, 0) is 19.1 Å². The number of furan rings is 1. The zero-order chi connectivity index (χ0) is 13.0. The second kappa shape index (κ2) is 5.20. The Labute approximate surface area is 106 Å². The van der Waals surface area contributed by atoms with Crippen molar-refractivity contribution in [3.05, 3.63) is 30.0 Å². The lowest BCUT2D eigenvalue weighted by Crippen LogP contribution is -2.13. The third-order valence-electron chi connectivity index (χ3n) is 1.86. The molecule has 2 aromatic heterocycles. The highest BCUT2D eigenvalue weighted by molar-refractivity contribution is 7.09. The maximum Gasteiger partial charge on any atom is 0.259 e. The van der Waals surface area contributed by atoms with E-state index in [0.29, 0.717) is 11.0 Å². The summed E-state index contributed by atoms with van der Waals surface area (Å²) in [6.07, 6.45) is 1.35. The summed E-state index contributed by atoms with van der Waals surface area (Å²) in [5.74, 6) is 0.0651. The lowest BCUT2D eigenvalue weighted by Gasteiger charge is -1.95. The summed E-state index contributed by atoms with van der Waals surface area (Å²) in [5, 5.41) is 13.0. The second-order valence-corrected chi connectivity index (χ2v) is 3.89. The number of hydrazone groups is 1. The molecule has 8 heteroatoms. The van der Waals surface area contributed by atoms with Crippen LogP contribution in [0.1, 0.15) is 16.4 Å². The molecule has 0 unspecified atom stereocenters. The zero-order valence-electron chi connectivity index (χ0n) is 9.25. The summed E-state index contributed by atoms with van der Waals surface area (Å²) in [4.78, 5) is 15.7. The molecule has 0 atom stereocenters. The Morgan fingerprint density at radius 1 is 1.67 bits per heavy atom. The molecule has 0 saturated heterocycles. The lowest BCUT2D eigenvalue weighted by atomic mass is 10.2. The Morgan fingerprint density at radius 2 is 2.50 bits per heavy atom. The second-order valence-electron chi connectivity index (χ2n) is 3.14. The fraction of sp³-hybridized carbons (Fsp3) is 0.100. The molecule has 90 valence electrons. The van der Waals surface area contributed by atoms with Gasteiger partial charge in [-0.1, -0.05) is 0 Å². The summed E-state index contributed by atoms with van der Waals surface area (Å²) < 4.78 is 8.83. The number of carbonyl (C=O) groups is 1. The first-order valence-corrected chi connectivity index (χ1v) is 5.60. The van der Waals surface area contributed by atoms with Crippen LogP contribution in [-0.4, -0.2) is 20.9 Å². The number of aromatic nitrogens is 2. The predicted molar refractivity (Wildman–Crippen MR) is 64.4 cm³/mol. The molecule has 2 rings (SSSR count). The summed E-state index contributed by atoms with van der Waals surface area (Å²) in [5.41, 5.74) is 2.20. The minimum atomic E-state index is -0.587. The monoisotopic (exact) mass is 261 g/mol. The van der Waals surface area contributed by atoms with Crippen molar-refractivity contribution in [1.82, 2.24) is 9.36 Å². The van der Waals surface area contributed by atoms with E-state index >= 15 is 0 Å². The number of rotatable bonds is 4. The molecule has 2 heterocycles. The number of hydrogen-bond acceptors (Lipinski definition) is 8. The van der Waals surface area contributed by atoms with Crippen LogP contribution in [0.3, 0.4) is 0 Å². The van der Waals surface area contributed by atoms with Gasteiger partial charge in [-0.3, -0.25) is 4.79 Å². The van der Waals surface area contributed by atoms with E-state index < -0.39 is 5.78 Å². The molecular formula is C10H7N5O2S. The molecule has 0 aliphatic rings. The normalized spacial score (nSPS) is 11.0. The predicted octanol–water partition coefficient (Wildman–Crippen LogP) is 1.61. The van der Waals surface area contributed by atoms with Gasteiger partial charge in [0.1, 0.15) is 11.9 Å². The van der Waals surface area contributed by atoms with Crippen LogP contribution < -0.4 is 5.43 Å². The van der Waals surface area contributed by atoms with Crippen molar-refractivity contribution >= 4 is 28.2 Å². The van der Waals surface area contributed by atoms with E-state index in [1.807, 2.05) is 0 Å². The number of aryl methyl sites for hydroxylation is 1. The van der Waals surface area contributed by atoms with E-state index in [4.69, 9.17) is 9.68 Å². The number of hydrogen-bond donors (Lipinski definition) is 1. The summed E-state index contributed by atoms with van der Waals surface area (Å²) in [7, 11) is 0. The van der Waals surface area contributed by atoms with Gasteiger partial charge in [0.2, 0.25) is 10.8 Å². The largest absolute Gasteiger partial charge is 0.461 e. The van der Waals surface area contributed by atoms with Gasteiger partial charge < -0.3 is 4.42 Å². The van der Waals surface area contributed by atoms with Crippen molar-refractivity contribution in [2.24, 2.45) is 5.10 Å². The van der Waals surface area contributed by atoms with Gasteiger partial charge >= 0.3 is 0 Å². The van der Waals surface area contributed by atoms with Crippen molar-refractivity contribution in [2.45, 2.75) is 6.92 Å². The molecule has 0 aliphatic heterocycles. The highest BCUT2D eigenvalue weighted by Crippen LogP contribution is 2.10. The van der Waals surface area contributed by atoms with Gasteiger partial charge in [0.15, 0.2) is 5.76 Å². The maximum absolute atomic E-state index is 11.7. The molecule has 0 amide bonds. The van der Waals surface area contributed by atoms with E-state index in [0.717, 1.165) is 11.5 Å². The standard InChI is InChI=1S/C10H7N5O2S/c1-6-12-10(18-15-6)14-13-7(5-11)9(16)8-3-2-4-17-8/h2-4H,1H3,(H,12,14,15)/b13-7+. The van der Waals surface area contributed by atoms with Crippen molar-refractivity contribution < 1.29 is 9.21 Å². The zero-order valence-corrected chi connectivity index (χ0v) is 10.1. The molecule has 0 bridgehead atoms. The number of nitrogens with zero attached hydrogens (tertiary/aromatic N) is 4. The third kappa shape index (κ3) is 2.58. The minimum Gasteiger partial charge on any atom is -0.461 e. The average Bonchev–Trinajstić information content (AvgIpc) is 3.01. The SMILES string of the molecule is Cc1nsc(N/N=C(\C#N)C(=O)c2ccco2)n1. The van der Waals surface area contributed by atoms with Crippen LogP contribution in [0.5, 0.6) is 0 Å². The topological polar surface area (TPSA) is 104 Å². The Morgan fingerprint density at radius 3 is 3.06 bits per heavy atom. The van der Waals surface area contributed by atoms with Crippen molar-refractivity contribution in [3.8, 4) is 6.07 Å². The summed E-state index contributed by atoms with van der Waals surface area (Å²) in [6, 6.07) is 4.72. The lowest BCUT2D eigenvalue weighted by molar-refractivity contribution is 0.104. The van der Waals surface area contributed by atoms with Crippen LogP contribution in [0.2, 0.25) is 0 Å². The summed E-state index contributed by atoms with van der Waals surface area (Å²) in [6.45, 7) is 1.73.